The molecule has 0 bridgehead atoms. The summed E-state index contributed by atoms with van der Waals surface area (Å²) in [6, 6.07) is 4.29. The summed E-state index contributed by atoms with van der Waals surface area (Å²) in [5.41, 5.74) is -0.730. The van der Waals surface area contributed by atoms with Gasteiger partial charge >= 0.3 is 0 Å². The molecule has 0 aliphatic rings. The van der Waals surface area contributed by atoms with E-state index in [2.05, 4.69) is 15.5 Å². The Morgan fingerprint density at radius 3 is 2.43 bits per heavy atom. The van der Waals surface area contributed by atoms with Crippen LogP contribution in [0.25, 0.3) is 0 Å². The second-order valence-corrected chi connectivity index (χ2v) is 8.58. The lowest BCUT2D eigenvalue weighted by atomic mass is 10.0. The van der Waals surface area contributed by atoms with Crippen LogP contribution in [0.2, 0.25) is 0 Å². The SMILES string of the molecule is CCN(CC)S(=O)(=O)c1cc(C(=O)NC(C)(C)c2noc(C)n2)ccc1OC. The predicted molar refractivity (Wildman–Crippen MR) is 103 cm³/mol. The van der Waals surface area contributed by atoms with Crippen molar-refractivity contribution in [2.75, 3.05) is 20.2 Å². The van der Waals surface area contributed by atoms with Crippen molar-refractivity contribution in [3.05, 3.63) is 35.5 Å². The van der Waals surface area contributed by atoms with Gasteiger partial charge in [0, 0.05) is 25.6 Å². The number of benzene rings is 1. The standard InChI is InChI=1S/C18H26N4O5S/c1-7-22(8-2)28(24,25)15-11-13(9-10-14(15)26-6)16(23)20-18(4,5)17-19-12(3)27-21-17/h9-11H,7-8H2,1-6H3,(H,20,23). The van der Waals surface area contributed by atoms with E-state index in [4.69, 9.17) is 9.26 Å². The fraction of sp³-hybridized carbons (Fsp3) is 0.500. The lowest BCUT2D eigenvalue weighted by Gasteiger charge is -2.23. The molecule has 2 aromatic rings. The number of nitrogens with one attached hydrogen (secondary N) is 1. The van der Waals surface area contributed by atoms with Crippen LogP contribution >= 0.6 is 0 Å². The van der Waals surface area contributed by atoms with Crippen LogP contribution in [-0.4, -0.2) is 49.0 Å². The zero-order valence-corrected chi connectivity index (χ0v) is 17.8. The summed E-state index contributed by atoms with van der Waals surface area (Å²) in [4.78, 5) is 16.9. The topological polar surface area (TPSA) is 115 Å². The third-order valence-corrected chi connectivity index (χ3v) is 6.33. The Kier molecular flexibility index (Phi) is 6.45. The van der Waals surface area contributed by atoms with E-state index in [0.29, 0.717) is 24.8 Å². The zero-order valence-electron chi connectivity index (χ0n) is 16.9. The van der Waals surface area contributed by atoms with Crippen molar-refractivity contribution in [1.29, 1.82) is 0 Å². The number of sulfonamides is 1. The average Bonchev–Trinajstić information content (AvgIpc) is 3.09. The van der Waals surface area contributed by atoms with Crippen LogP contribution in [-0.2, 0) is 15.6 Å². The number of aromatic nitrogens is 2. The summed E-state index contributed by atoms with van der Waals surface area (Å²) in [5.74, 6) is 0.417. The predicted octanol–water partition coefficient (Wildman–Crippen LogP) is 2.08. The van der Waals surface area contributed by atoms with E-state index in [1.807, 2.05) is 0 Å². The fourth-order valence-corrected chi connectivity index (χ4v) is 4.33. The largest absolute Gasteiger partial charge is 0.495 e. The number of rotatable bonds is 8. The van der Waals surface area contributed by atoms with Gasteiger partial charge in [-0.15, -0.1) is 0 Å². The number of aryl methyl sites for hydroxylation is 1. The van der Waals surface area contributed by atoms with E-state index in [0.717, 1.165) is 0 Å². The highest BCUT2D eigenvalue weighted by molar-refractivity contribution is 7.89. The number of nitrogens with zero attached hydrogens (tertiary/aromatic N) is 3. The Morgan fingerprint density at radius 1 is 1.29 bits per heavy atom. The number of amides is 1. The van der Waals surface area contributed by atoms with E-state index in [1.165, 1.54) is 29.6 Å². The minimum atomic E-state index is -3.80. The molecule has 0 fully saturated rings. The second-order valence-electron chi connectivity index (χ2n) is 6.67. The zero-order chi connectivity index (χ0) is 21.1. The summed E-state index contributed by atoms with van der Waals surface area (Å²) >= 11 is 0. The Balaban J connectivity index is 2.40. The molecule has 154 valence electrons. The molecule has 10 heteroatoms. The molecule has 1 amide bonds. The van der Waals surface area contributed by atoms with Crippen molar-refractivity contribution in [1.82, 2.24) is 19.8 Å². The average molecular weight is 410 g/mol. The summed E-state index contributed by atoms with van der Waals surface area (Å²) in [6.45, 7) is 9.23. The molecule has 1 N–H and O–H groups in total. The van der Waals surface area contributed by atoms with Gasteiger partial charge in [0.15, 0.2) is 5.82 Å². The lowest BCUT2D eigenvalue weighted by molar-refractivity contribution is 0.0907. The number of carbonyl (C=O) groups is 1. The molecule has 28 heavy (non-hydrogen) atoms. The molecule has 0 aliphatic heterocycles. The van der Waals surface area contributed by atoms with Crippen molar-refractivity contribution in [2.24, 2.45) is 0 Å². The number of hydrogen-bond donors (Lipinski definition) is 1. The van der Waals surface area contributed by atoms with Gasteiger partial charge in [-0.05, 0) is 32.0 Å². The third kappa shape index (κ3) is 4.33. The van der Waals surface area contributed by atoms with E-state index in [9.17, 15) is 13.2 Å². The van der Waals surface area contributed by atoms with Crippen LogP contribution in [0.1, 0.15) is 49.8 Å². The van der Waals surface area contributed by atoms with Gasteiger partial charge in [0.25, 0.3) is 5.91 Å². The maximum absolute atomic E-state index is 12.9. The van der Waals surface area contributed by atoms with Crippen LogP contribution in [0, 0.1) is 6.92 Å². The first-order valence-electron chi connectivity index (χ1n) is 8.88. The first kappa shape index (κ1) is 21.8. The molecule has 0 spiro atoms. The van der Waals surface area contributed by atoms with Crippen LogP contribution in [0.15, 0.2) is 27.6 Å². The molecule has 2 rings (SSSR count). The van der Waals surface area contributed by atoms with Crippen molar-refractivity contribution >= 4 is 15.9 Å². The van der Waals surface area contributed by atoms with E-state index in [1.54, 1.807) is 34.6 Å². The van der Waals surface area contributed by atoms with Crippen molar-refractivity contribution in [2.45, 2.75) is 45.1 Å². The Bertz CT molecular complexity index is 949. The van der Waals surface area contributed by atoms with Crippen LogP contribution in [0.5, 0.6) is 5.75 Å². The summed E-state index contributed by atoms with van der Waals surface area (Å²) < 4.78 is 37.4. The van der Waals surface area contributed by atoms with Gasteiger partial charge in [-0.1, -0.05) is 19.0 Å². The Labute approximate surface area is 165 Å². The first-order chi connectivity index (χ1) is 13.1. The highest BCUT2D eigenvalue weighted by Gasteiger charge is 2.31. The van der Waals surface area contributed by atoms with Crippen LogP contribution in [0.4, 0.5) is 0 Å². The molecule has 0 radical (unpaired) electrons. The number of carbonyl (C=O) groups excluding carboxylic acids is 1. The number of hydrogen-bond acceptors (Lipinski definition) is 7. The van der Waals surface area contributed by atoms with Crippen LogP contribution < -0.4 is 10.1 Å². The maximum atomic E-state index is 12.9. The minimum absolute atomic E-state index is 0.0560. The van der Waals surface area contributed by atoms with E-state index >= 15 is 0 Å². The van der Waals surface area contributed by atoms with Gasteiger partial charge in [0.2, 0.25) is 15.9 Å². The van der Waals surface area contributed by atoms with Gasteiger partial charge in [0.05, 0.1) is 12.6 Å². The normalized spacial score (nSPS) is 12.2. The first-order valence-corrected chi connectivity index (χ1v) is 10.3. The fourth-order valence-electron chi connectivity index (χ4n) is 2.69. The molecule has 0 unspecified atom stereocenters. The molecule has 0 saturated heterocycles. The van der Waals surface area contributed by atoms with Gasteiger partial charge in [-0.25, -0.2) is 8.42 Å². The smallest absolute Gasteiger partial charge is 0.252 e. The second kappa shape index (κ2) is 8.27. The summed E-state index contributed by atoms with van der Waals surface area (Å²) in [7, 11) is -2.42. The molecular formula is C18H26N4O5S. The molecule has 0 saturated carbocycles. The van der Waals surface area contributed by atoms with Gasteiger partial charge in [0.1, 0.15) is 10.6 Å². The Hall–Kier alpha value is -2.46. The van der Waals surface area contributed by atoms with Crippen molar-refractivity contribution < 1.29 is 22.5 Å². The molecule has 1 aromatic heterocycles. The van der Waals surface area contributed by atoms with E-state index in [-0.39, 0.29) is 16.2 Å². The van der Waals surface area contributed by atoms with E-state index < -0.39 is 21.5 Å². The Morgan fingerprint density at radius 2 is 1.93 bits per heavy atom. The summed E-state index contributed by atoms with van der Waals surface area (Å²) in [5, 5.41) is 6.64. The molecule has 0 atom stereocenters. The van der Waals surface area contributed by atoms with Crippen molar-refractivity contribution in [3.63, 3.8) is 0 Å². The number of methoxy groups -OCH3 is 1. The molecule has 0 aliphatic carbocycles. The van der Waals surface area contributed by atoms with Crippen molar-refractivity contribution in [3.8, 4) is 5.75 Å². The monoisotopic (exact) mass is 410 g/mol. The van der Waals surface area contributed by atoms with Gasteiger partial charge in [-0.3, -0.25) is 4.79 Å². The third-order valence-electron chi connectivity index (χ3n) is 4.26. The molecule has 1 aromatic carbocycles. The van der Waals surface area contributed by atoms with Gasteiger partial charge in [-0.2, -0.15) is 9.29 Å². The molecule has 1 heterocycles. The highest BCUT2D eigenvalue weighted by Crippen LogP contribution is 2.28. The number of ether oxygens (including phenoxy) is 1. The van der Waals surface area contributed by atoms with Crippen LogP contribution in [0.3, 0.4) is 0 Å². The minimum Gasteiger partial charge on any atom is -0.495 e. The maximum Gasteiger partial charge on any atom is 0.252 e. The molecular weight excluding hydrogens is 384 g/mol. The lowest BCUT2D eigenvalue weighted by Crippen LogP contribution is -2.42. The highest BCUT2D eigenvalue weighted by atomic mass is 32.2. The summed E-state index contributed by atoms with van der Waals surface area (Å²) in [6.07, 6.45) is 0. The van der Waals surface area contributed by atoms with Gasteiger partial charge < -0.3 is 14.6 Å². The molecule has 9 nitrogen and oxygen atoms in total. The quantitative estimate of drug-likeness (QED) is 0.708.